The summed E-state index contributed by atoms with van der Waals surface area (Å²) in [4.78, 5) is 38.0. The van der Waals surface area contributed by atoms with Crippen LogP contribution < -0.4 is 10.3 Å². The van der Waals surface area contributed by atoms with Crippen molar-refractivity contribution in [3.05, 3.63) is 111 Å². The van der Waals surface area contributed by atoms with Gasteiger partial charge in [0.05, 0.1) is 13.7 Å². The molecule has 4 rings (SSSR count). The van der Waals surface area contributed by atoms with Crippen LogP contribution in [0.15, 0.2) is 77.3 Å². The van der Waals surface area contributed by atoms with Gasteiger partial charge in [0.15, 0.2) is 5.16 Å². The molecule has 0 saturated carbocycles. The van der Waals surface area contributed by atoms with Crippen LogP contribution in [0.1, 0.15) is 71.6 Å². The number of methoxy groups -OCH3 is 1. The molecule has 0 bridgehead atoms. The van der Waals surface area contributed by atoms with Gasteiger partial charge >= 0.3 is 5.97 Å². The summed E-state index contributed by atoms with van der Waals surface area (Å²) >= 11 is 1.39. The van der Waals surface area contributed by atoms with Crippen LogP contribution >= 0.6 is 11.8 Å². The number of hydrogen-bond donors (Lipinski definition) is 0. The Hall–Kier alpha value is -4.05. The first-order valence-electron chi connectivity index (χ1n) is 14.0. The fourth-order valence-electron chi connectivity index (χ4n) is 4.39. The van der Waals surface area contributed by atoms with Crippen molar-refractivity contribution in [2.24, 2.45) is 0 Å². The first-order chi connectivity index (χ1) is 20.5. The normalized spacial score (nSPS) is 10.9. The second-order valence-electron chi connectivity index (χ2n) is 9.91. The lowest BCUT2D eigenvalue weighted by Gasteiger charge is -2.16. The molecule has 10 heteroatoms. The number of carbonyl (C=O) groups excluding carboxylic acids is 1. The van der Waals surface area contributed by atoms with Crippen molar-refractivity contribution in [3.63, 3.8) is 0 Å². The van der Waals surface area contributed by atoms with Crippen molar-refractivity contribution in [1.29, 1.82) is 0 Å². The van der Waals surface area contributed by atoms with E-state index in [1.165, 1.54) is 50.2 Å². The highest BCUT2D eigenvalue weighted by atomic mass is 32.2. The van der Waals surface area contributed by atoms with E-state index < -0.39 is 5.97 Å². The van der Waals surface area contributed by atoms with Crippen molar-refractivity contribution in [1.82, 2.24) is 19.5 Å². The smallest absolute Gasteiger partial charge is 0.341 e. The molecule has 0 fully saturated rings. The number of hydrogen-bond acceptors (Lipinski definition) is 8. The number of benzene rings is 2. The van der Waals surface area contributed by atoms with Crippen LogP contribution in [0.5, 0.6) is 5.75 Å². The van der Waals surface area contributed by atoms with E-state index in [1.54, 1.807) is 36.8 Å². The van der Waals surface area contributed by atoms with E-state index in [-0.39, 0.29) is 11.4 Å². The molecule has 8 nitrogen and oxygen atoms in total. The van der Waals surface area contributed by atoms with E-state index in [0.717, 1.165) is 36.0 Å². The predicted molar refractivity (Wildman–Crippen MR) is 160 cm³/mol. The minimum absolute atomic E-state index is 0.303. The molecule has 2 aromatic carbocycles. The lowest BCUT2D eigenvalue weighted by atomic mass is 10.1. The van der Waals surface area contributed by atoms with Crippen LogP contribution in [-0.4, -0.2) is 39.2 Å². The SMILES string of the molecule is CCCCCCCOc1cc(Cn2cc(Cc3cncnc3)c(=O)nc2SCc2ccc(F)cc2)ccc1C(=O)OC. The maximum atomic E-state index is 13.4. The van der Waals surface area contributed by atoms with Crippen LogP contribution in [0.2, 0.25) is 0 Å². The number of thioether (sulfide) groups is 1. The van der Waals surface area contributed by atoms with Gasteiger partial charge in [-0.2, -0.15) is 4.98 Å². The molecule has 42 heavy (non-hydrogen) atoms. The van der Waals surface area contributed by atoms with Crippen LogP contribution in [0, 0.1) is 5.82 Å². The number of ether oxygens (including phenoxy) is 2. The number of rotatable bonds is 15. The number of unbranched alkanes of at least 4 members (excludes halogenated alkanes) is 4. The summed E-state index contributed by atoms with van der Waals surface area (Å²) in [7, 11) is 1.35. The Morgan fingerprint density at radius 3 is 2.45 bits per heavy atom. The van der Waals surface area contributed by atoms with Crippen molar-refractivity contribution in [3.8, 4) is 5.75 Å². The highest BCUT2D eigenvalue weighted by Gasteiger charge is 2.16. The standard InChI is InChI=1S/C32H35FN4O4S/c1-3-4-5-6-7-14-41-29-16-24(10-13-28(29)31(39)40-2)19-37-20-26(15-25-17-34-22-35-18-25)30(38)36-32(37)42-21-23-8-11-27(33)12-9-23/h8-13,16-18,20,22H,3-7,14-15,19,21H2,1-2H3. The van der Waals surface area contributed by atoms with E-state index >= 15 is 0 Å². The molecular weight excluding hydrogens is 555 g/mol. The minimum atomic E-state index is -0.463. The van der Waals surface area contributed by atoms with Crippen LogP contribution in [-0.2, 0) is 23.5 Å². The number of carbonyl (C=O) groups is 1. The van der Waals surface area contributed by atoms with E-state index in [1.807, 2.05) is 16.7 Å². The van der Waals surface area contributed by atoms with Crippen LogP contribution in [0.4, 0.5) is 4.39 Å². The van der Waals surface area contributed by atoms with Gasteiger partial charge in [-0.1, -0.05) is 62.6 Å². The maximum Gasteiger partial charge on any atom is 0.341 e. The molecule has 0 saturated heterocycles. The summed E-state index contributed by atoms with van der Waals surface area (Å²) in [6, 6.07) is 11.6. The number of esters is 1. The van der Waals surface area contributed by atoms with Gasteiger partial charge in [0.1, 0.15) is 23.5 Å². The fraction of sp³-hybridized carbons (Fsp3) is 0.344. The van der Waals surface area contributed by atoms with Gasteiger partial charge < -0.3 is 14.0 Å². The topological polar surface area (TPSA) is 96.2 Å². The second-order valence-corrected chi connectivity index (χ2v) is 10.8. The van der Waals surface area contributed by atoms with E-state index in [4.69, 9.17) is 9.47 Å². The molecule has 4 aromatic rings. The molecule has 0 aliphatic carbocycles. The Morgan fingerprint density at radius 2 is 1.71 bits per heavy atom. The molecule has 0 spiro atoms. The Morgan fingerprint density at radius 1 is 0.976 bits per heavy atom. The minimum Gasteiger partial charge on any atom is -0.493 e. The van der Waals surface area contributed by atoms with Gasteiger partial charge in [-0.3, -0.25) is 4.79 Å². The number of aromatic nitrogens is 4. The van der Waals surface area contributed by atoms with Gasteiger partial charge in [0, 0.05) is 42.9 Å². The quantitative estimate of drug-likeness (QED) is 0.0695. The molecule has 0 atom stereocenters. The summed E-state index contributed by atoms with van der Waals surface area (Å²) in [5, 5.41) is 0.521. The monoisotopic (exact) mass is 590 g/mol. The molecule has 2 heterocycles. The highest BCUT2D eigenvalue weighted by molar-refractivity contribution is 7.98. The summed E-state index contributed by atoms with van der Waals surface area (Å²) in [5.41, 5.74) is 3.11. The summed E-state index contributed by atoms with van der Waals surface area (Å²) in [5.74, 6) is 0.204. The summed E-state index contributed by atoms with van der Waals surface area (Å²) in [6.45, 7) is 3.05. The van der Waals surface area contributed by atoms with Gasteiger partial charge in [-0.05, 0) is 47.4 Å². The van der Waals surface area contributed by atoms with Crippen LogP contribution in [0.25, 0.3) is 0 Å². The van der Waals surface area contributed by atoms with Crippen LogP contribution in [0.3, 0.4) is 0 Å². The van der Waals surface area contributed by atoms with Crippen molar-refractivity contribution >= 4 is 17.7 Å². The molecule has 0 radical (unpaired) electrons. The Bertz CT molecular complexity index is 1510. The van der Waals surface area contributed by atoms with Crippen molar-refractivity contribution < 1.29 is 18.7 Å². The number of halogens is 1. The first-order valence-corrected chi connectivity index (χ1v) is 15.0. The van der Waals surface area contributed by atoms with E-state index in [0.29, 0.717) is 47.4 Å². The van der Waals surface area contributed by atoms with Gasteiger partial charge in [-0.15, -0.1) is 0 Å². The van der Waals surface area contributed by atoms with E-state index in [2.05, 4.69) is 21.9 Å². The van der Waals surface area contributed by atoms with E-state index in [9.17, 15) is 14.0 Å². The average molecular weight is 591 g/mol. The molecule has 2 aromatic heterocycles. The van der Waals surface area contributed by atoms with Gasteiger partial charge in [-0.25, -0.2) is 19.2 Å². The molecule has 0 aliphatic heterocycles. The molecule has 220 valence electrons. The first kappa shape index (κ1) is 30.9. The van der Waals surface area contributed by atoms with Crippen molar-refractivity contribution in [2.45, 2.75) is 62.9 Å². The summed E-state index contributed by atoms with van der Waals surface area (Å²) < 4.78 is 26.3. The zero-order chi connectivity index (χ0) is 29.7. The Balaban J connectivity index is 1.61. The third-order valence-corrected chi connectivity index (χ3v) is 7.69. The number of nitrogens with zero attached hydrogens (tertiary/aromatic N) is 4. The largest absolute Gasteiger partial charge is 0.493 e. The molecule has 0 N–H and O–H groups in total. The Labute approximate surface area is 249 Å². The van der Waals surface area contributed by atoms with Gasteiger partial charge in [0.25, 0.3) is 5.56 Å². The third-order valence-electron chi connectivity index (χ3n) is 6.63. The molecular formula is C32H35FN4O4S. The maximum absolute atomic E-state index is 13.4. The highest BCUT2D eigenvalue weighted by Crippen LogP contribution is 2.26. The van der Waals surface area contributed by atoms with Gasteiger partial charge in [0.2, 0.25) is 0 Å². The third kappa shape index (κ3) is 8.97. The molecule has 0 aliphatic rings. The fourth-order valence-corrected chi connectivity index (χ4v) is 5.31. The predicted octanol–water partition coefficient (Wildman–Crippen LogP) is 6.24. The van der Waals surface area contributed by atoms with Crippen molar-refractivity contribution in [2.75, 3.05) is 13.7 Å². The molecule has 0 amide bonds. The lowest BCUT2D eigenvalue weighted by molar-refractivity contribution is 0.0596. The zero-order valence-corrected chi connectivity index (χ0v) is 24.7. The second kappa shape index (κ2) is 15.8. The Kier molecular flexibility index (Phi) is 11.6. The summed E-state index contributed by atoms with van der Waals surface area (Å²) in [6.07, 6.45) is 12.4. The molecule has 0 unspecified atom stereocenters. The lowest BCUT2D eigenvalue weighted by Crippen LogP contribution is -2.20. The zero-order valence-electron chi connectivity index (χ0n) is 23.9. The average Bonchev–Trinajstić information content (AvgIpc) is 3.00.